The van der Waals surface area contributed by atoms with Crippen LogP contribution in [-0.4, -0.2) is 9.97 Å². The molecule has 26 heavy (non-hydrogen) atoms. The van der Waals surface area contributed by atoms with Gasteiger partial charge >= 0.3 is 0 Å². The highest BCUT2D eigenvalue weighted by atomic mass is 14.8. The summed E-state index contributed by atoms with van der Waals surface area (Å²) in [4.78, 5) is 9.76. The van der Waals surface area contributed by atoms with Crippen LogP contribution in [0.5, 0.6) is 0 Å². The van der Waals surface area contributed by atoms with Gasteiger partial charge in [-0.3, -0.25) is 4.98 Å². The molecule has 1 heterocycles. The van der Waals surface area contributed by atoms with Gasteiger partial charge in [0.15, 0.2) is 0 Å². The van der Waals surface area contributed by atoms with Gasteiger partial charge in [0, 0.05) is 17.3 Å². The Kier molecular flexibility index (Phi) is 5.96. The predicted octanol–water partition coefficient (Wildman–Crippen LogP) is 6.36. The van der Waals surface area contributed by atoms with Crippen molar-refractivity contribution in [3.05, 3.63) is 78.1 Å². The quantitative estimate of drug-likeness (QED) is 0.499. The van der Waals surface area contributed by atoms with Crippen LogP contribution in [0.1, 0.15) is 43.5 Å². The van der Waals surface area contributed by atoms with Crippen molar-refractivity contribution < 1.29 is 0 Å². The molecule has 0 aliphatic heterocycles. The molecule has 0 radical (unpaired) electrons. The van der Waals surface area contributed by atoms with Gasteiger partial charge in [0.05, 0.1) is 17.1 Å². The lowest BCUT2D eigenvalue weighted by Gasteiger charge is -2.11. The van der Waals surface area contributed by atoms with E-state index in [2.05, 4.69) is 69.0 Å². The largest absolute Gasteiger partial charge is 0.252 e. The van der Waals surface area contributed by atoms with E-state index in [4.69, 9.17) is 9.97 Å². The summed E-state index contributed by atoms with van der Waals surface area (Å²) in [5.74, 6) is 0. The molecule has 0 unspecified atom stereocenters. The molecule has 0 aliphatic rings. The Morgan fingerprint density at radius 2 is 1.54 bits per heavy atom. The fourth-order valence-electron chi connectivity index (χ4n) is 2.99. The molecule has 2 nitrogen and oxygen atoms in total. The van der Waals surface area contributed by atoms with Gasteiger partial charge in [-0.1, -0.05) is 81.5 Å². The van der Waals surface area contributed by atoms with Gasteiger partial charge in [-0.25, -0.2) is 4.98 Å². The highest BCUT2D eigenvalue weighted by Crippen LogP contribution is 2.30. The molecule has 0 N–H and O–H groups in total. The molecular weight excluding hydrogens is 316 g/mol. The first-order valence-electron chi connectivity index (χ1n) is 9.43. The van der Waals surface area contributed by atoms with Crippen molar-refractivity contribution in [2.45, 2.75) is 39.5 Å². The SMILES string of the molecule is C=Cc1ccc(-c2nc(CCCC)cnc2-c2ccc(CC)cc2)cc1. The molecule has 0 saturated carbocycles. The molecule has 0 fully saturated rings. The van der Waals surface area contributed by atoms with Crippen molar-refractivity contribution in [2.24, 2.45) is 0 Å². The minimum atomic E-state index is 0.944. The molecule has 0 atom stereocenters. The van der Waals surface area contributed by atoms with Gasteiger partial charge in [0.2, 0.25) is 0 Å². The van der Waals surface area contributed by atoms with E-state index < -0.39 is 0 Å². The van der Waals surface area contributed by atoms with Gasteiger partial charge in [0.25, 0.3) is 0 Å². The Balaban J connectivity index is 2.07. The van der Waals surface area contributed by atoms with E-state index in [0.29, 0.717) is 0 Å². The second-order valence-electron chi connectivity index (χ2n) is 6.54. The van der Waals surface area contributed by atoms with E-state index in [1.807, 2.05) is 12.3 Å². The summed E-state index contributed by atoms with van der Waals surface area (Å²) in [7, 11) is 0. The summed E-state index contributed by atoms with van der Waals surface area (Å²) in [5.41, 5.74) is 7.60. The van der Waals surface area contributed by atoms with Gasteiger partial charge in [-0.05, 0) is 30.4 Å². The lowest BCUT2D eigenvalue weighted by Crippen LogP contribution is -1.99. The number of rotatable bonds is 7. The summed E-state index contributed by atoms with van der Waals surface area (Å²) in [6, 6.07) is 17.0. The molecule has 2 heteroatoms. The zero-order valence-corrected chi connectivity index (χ0v) is 15.7. The first-order valence-corrected chi connectivity index (χ1v) is 9.43. The highest BCUT2D eigenvalue weighted by Gasteiger charge is 2.12. The maximum absolute atomic E-state index is 4.97. The Morgan fingerprint density at radius 3 is 2.15 bits per heavy atom. The Morgan fingerprint density at radius 1 is 0.885 bits per heavy atom. The number of unbranched alkanes of at least 4 members (excludes halogenated alkanes) is 1. The summed E-state index contributed by atoms with van der Waals surface area (Å²) in [6.07, 6.45) is 8.09. The normalized spacial score (nSPS) is 10.7. The predicted molar refractivity (Wildman–Crippen MR) is 111 cm³/mol. The van der Waals surface area contributed by atoms with Crippen molar-refractivity contribution in [1.82, 2.24) is 9.97 Å². The summed E-state index contributed by atoms with van der Waals surface area (Å²) < 4.78 is 0. The zero-order chi connectivity index (χ0) is 18.4. The number of aryl methyl sites for hydroxylation is 2. The maximum Gasteiger partial charge on any atom is 0.0968 e. The van der Waals surface area contributed by atoms with E-state index >= 15 is 0 Å². The fraction of sp³-hybridized carbons (Fsp3) is 0.250. The maximum atomic E-state index is 4.97. The van der Waals surface area contributed by atoms with Crippen LogP contribution < -0.4 is 0 Å². The summed E-state index contributed by atoms with van der Waals surface area (Å²) in [6.45, 7) is 8.21. The van der Waals surface area contributed by atoms with Gasteiger partial charge in [-0.15, -0.1) is 0 Å². The van der Waals surface area contributed by atoms with Gasteiger partial charge in [-0.2, -0.15) is 0 Å². The second-order valence-corrected chi connectivity index (χ2v) is 6.54. The minimum Gasteiger partial charge on any atom is -0.252 e. The second kappa shape index (κ2) is 8.57. The van der Waals surface area contributed by atoms with E-state index in [0.717, 1.165) is 59.5 Å². The van der Waals surface area contributed by atoms with Crippen molar-refractivity contribution in [3.8, 4) is 22.5 Å². The first kappa shape index (κ1) is 18.1. The third-order valence-corrected chi connectivity index (χ3v) is 4.66. The first-order chi connectivity index (χ1) is 12.7. The summed E-state index contributed by atoms with van der Waals surface area (Å²) >= 11 is 0. The minimum absolute atomic E-state index is 0.944. The van der Waals surface area contributed by atoms with Crippen LogP contribution in [0.2, 0.25) is 0 Å². The van der Waals surface area contributed by atoms with Crippen LogP contribution in [-0.2, 0) is 12.8 Å². The lowest BCUT2D eigenvalue weighted by atomic mass is 10.0. The molecule has 0 saturated heterocycles. The van der Waals surface area contributed by atoms with Crippen LogP contribution in [0.3, 0.4) is 0 Å². The van der Waals surface area contributed by atoms with Crippen molar-refractivity contribution in [3.63, 3.8) is 0 Å². The Labute approximate surface area is 156 Å². The van der Waals surface area contributed by atoms with Crippen molar-refractivity contribution in [2.75, 3.05) is 0 Å². The molecule has 1 aromatic heterocycles. The number of nitrogens with zero attached hydrogens (tertiary/aromatic N) is 2. The van der Waals surface area contributed by atoms with E-state index in [-0.39, 0.29) is 0 Å². The molecule has 3 aromatic rings. The average molecular weight is 342 g/mol. The highest BCUT2D eigenvalue weighted by molar-refractivity contribution is 5.78. The molecule has 3 rings (SSSR count). The zero-order valence-electron chi connectivity index (χ0n) is 15.7. The third kappa shape index (κ3) is 4.08. The van der Waals surface area contributed by atoms with Gasteiger partial charge < -0.3 is 0 Å². The number of hydrogen-bond donors (Lipinski definition) is 0. The van der Waals surface area contributed by atoms with Crippen molar-refractivity contribution >= 4 is 6.08 Å². The topological polar surface area (TPSA) is 25.8 Å². The standard InChI is InChI=1S/C24H26N2/c1-4-7-8-22-17-25-23(20-13-9-18(5-2)10-14-20)24(26-22)21-15-11-19(6-3)12-16-21/h6,9-17H,3-5,7-8H2,1-2H3. The van der Waals surface area contributed by atoms with Gasteiger partial charge in [0.1, 0.15) is 0 Å². The molecule has 0 aliphatic carbocycles. The number of benzene rings is 2. The molecule has 0 amide bonds. The van der Waals surface area contributed by atoms with Crippen LogP contribution in [0.4, 0.5) is 0 Å². The third-order valence-electron chi connectivity index (χ3n) is 4.66. The van der Waals surface area contributed by atoms with Crippen LogP contribution >= 0.6 is 0 Å². The van der Waals surface area contributed by atoms with Crippen LogP contribution in [0, 0.1) is 0 Å². The lowest BCUT2D eigenvalue weighted by molar-refractivity contribution is 0.773. The van der Waals surface area contributed by atoms with E-state index in [1.165, 1.54) is 5.56 Å². The smallest absolute Gasteiger partial charge is 0.0968 e. The van der Waals surface area contributed by atoms with Crippen molar-refractivity contribution in [1.29, 1.82) is 0 Å². The number of aromatic nitrogens is 2. The molecule has 132 valence electrons. The monoisotopic (exact) mass is 342 g/mol. The van der Waals surface area contributed by atoms with Crippen LogP contribution in [0.15, 0.2) is 61.3 Å². The average Bonchev–Trinajstić information content (AvgIpc) is 2.72. The Bertz CT molecular complexity index is 862. The molecule has 0 spiro atoms. The summed E-state index contributed by atoms with van der Waals surface area (Å²) in [5, 5.41) is 0. The number of hydrogen-bond acceptors (Lipinski definition) is 2. The molecule has 2 aromatic carbocycles. The Hall–Kier alpha value is -2.74. The van der Waals surface area contributed by atoms with Crippen LogP contribution in [0.25, 0.3) is 28.6 Å². The molecular formula is C24H26N2. The molecule has 0 bridgehead atoms. The van der Waals surface area contributed by atoms with E-state index in [9.17, 15) is 0 Å². The van der Waals surface area contributed by atoms with E-state index in [1.54, 1.807) is 0 Å². The fourth-order valence-corrected chi connectivity index (χ4v) is 2.99.